The number of sulfone groups is 1. The van der Waals surface area contributed by atoms with Gasteiger partial charge in [-0.15, -0.1) is 0 Å². The van der Waals surface area contributed by atoms with E-state index in [0.29, 0.717) is 4.47 Å². The molecule has 0 N–H and O–H groups in total. The van der Waals surface area contributed by atoms with E-state index in [0.717, 1.165) is 16.4 Å². The van der Waals surface area contributed by atoms with E-state index in [1.165, 1.54) is 13.1 Å². The third-order valence-corrected chi connectivity index (χ3v) is 7.46. The van der Waals surface area contributed by atoms with Crippen LogP contribution in [0.3, 0.4) is 0 Å². The topological polar surface area (TPSA) is 71.5 Å². The Kier molecular flexibility index (Phi) is 4.25. The first-order chi connectivity index (χ1) is 9.13. The molecule has 0 aliphatic carbocycles. The minimum Gasteiger partial charge on any atom is -0.229 e. The number of benzene rings is 1. The second-order valence-corrected chi connectivity index (χ2v) is 9.76. The molecule has 0 saturated carbocycles. The Morgan fingerprint density at radius 1 is 1.40 bits per heavy atom. The molecule has 0 bridgehead atoms. The van der Waals surface area contributed by atoms with Crippen LogP contribution in [0.1, 0.15) is 6.42 Å². The zero-order chi connectivity index (χ0) is 15.1. The van der Waals surface area contributed by atoms with Crippen LogP contribution in [0.25, 0.3) is 0 Å². The Hall–Kier alpha value is -0.510. The second kappa shape index (κ2) is 5.36. The summed E-state index contributed by atoms with van der Waals surface area (Å²) in [6, 6.07) is 3.00. The van der Waals surface area contributed by atoms with Crippen LogP contribution < -0.4 is 0 Å². The number of sulfonamides is 1. The molecule has 1 saturated heterocycles. The number of halogens is 2. The Morgan fingerprint density at radius 3 is 2.55 bits per heavy atom. The van der Waals surface area contributed by atoms with Gasteiger partial charge in [0, 0.05) is 17.6 Å². The fourth-order valence-electron chi connectivity index (χ4n) is 2.10. The summed E-state index contributed by atoms with van der Waals surface area (Å²) >= 11 is 3.05. The van der Waals surface area contributed by atoms with E-state index in [4.69, 9.17) is 0 Å². The van der Waals surface area contributed by atoms with E-state index in [-0.39, 0.29) is 17.9 Å². The van der Waals surface area contributed by atoms with E-state index in [1.807, 2.05) is 0 Å². The molecule has 1 aliphatic rings. The van der Waals surface area contributed by atoms with Crippen LogP contribution in [-0.2, 0) is 19.9 Å². The van der Waals surface area contributed by atoms with E-state index in [9.17, 15) is 21.2 Å². The molecule has 0 aromatic heterocycles. The SMILES string of the molecule is CN(C1CCS(=O)(=O)C1)S(=O)(=O)c1ccc(Br)cc1F. The van der Waals surface area contributed by atoms with Crippen LogP contribution in [0, 0.1) is 5.82 Å². The number of nitrogens with zero attached hydrogens (tertiary/aromatic N) is 1. The molecule has 9 heteroatoms. The zero-order valence-electron chi connectivity index (χ0n) is 10.6. The molecular formula is C11H13BrFNO4S2. The lowest BCUT2D eigenvalue weighted by Gasteiger charge is -2.23. The van der Waals surface area contributed by atoms with Crippen molar-refractivity contribution in [1.82, 2.24) is 4.31 Å². The van der Waals surface area contributed by atoms with Gasteiger partial charge in [-0.2, -0.15) is 4.31 Å². The highest BCUT2D eigenvalue weighted by molar-refractivity contribution is 9.10. The van der Waals surface area contributed by atoms with Crippen LogP contribution in [0.4, 0.5) is 4.39 Å². The van der Waals surface area contributed by atoms with Crippen molar-refractivity contribution in [2.24, 2.45) is 0 Å². The smallest absolute Gasteiger partial charge is 0.229 e. The Labute approximate surface area is 125 Å². The molecule has 112 valence electrons. The molecular weight excluding hydrogens is 373 g/mol. The van der Waals surface area contributed by atoms with Gasteiger partial charge in [-0.1, -0.05) is 15.9 Å². The van der Waals surface area contributed by atoms with Crippen LogP contribution in [0.2, 0.25) is 0 Å². The second-order valence-electron chi connectivity index (χ2n) is 4.65. The van der Waals surface area contributed by atoms with Crippen molar-refractivity contribution in [3.63, 3.8) is 0 Å². The van der Waals surface area contributed by atoms with Crippen molar-refractivity contribution >= 4 is 35.8 Å². The first kappa shape index (κ1) is 15.9. The first-order valence-corrected chi connectivity index (χ1v) is 9.82. The molecule has 0 amide bonds. The zero-order valence-corrected chi connectivity index (χ0v) is 13.8. The van der Waals surface area contributed by atoms with Crippen molar-refractivity contribution in [3.8, 4) is 0 Å². The lowest BCUT2D eigenvalue weighted by molar-refractivity contribution is 0.391. The van der Waals surface area contributed by atoms with Gasteiger partial charge in [0.15, 0.2) is 9.84 Å². The molecule has 1 unspecified atom stereocenters. The van der Waals surface area contributed by atoms with Crippen molar-refractivity contribution in [3.05, 3.63) is 28.5 Å². The number of hydrogen-bond donors (Lipinski definition) is 0. The Bertz CT molecular complexity index is 733. The van der Waals surface area contributed by atoms with Gasteiger partial charge in [-0.25, -0.2) is 21.2 Å². The van der Waals surface area contributed by atoms with E-state index in [2.05, 4.69) is 15.9 Å². The monoisotopic (exact) mass is 385 g/mol. The molecule has 2 rings (SSSR count). The quantitative estimate of drug-likeness (QED) is 0.788. The summed E-state index contributed by atoms with van der Waals surface area (Å²) in [5, 5.41) is 0. The van der Waals surface area contributed by atoms with Crippen LogP contribution in [-0.4, -0.2) is 45.7 Å². The summed E-state index contributed by atoms with van der Waals surface area (Å²) in [4.78, 5) is -0.451. The summed E-state index contributed by atoms with van der Waals surface area (Å²) in [6.45, 7) is 0. The minimum absolute atomic E-state index is 0.0413. The van der Waals surface area contributed by atoms with Gasteiger partial charge in [0.05, 0.1) is 11.5 Å². The highest BCUT2D eigenvalue weighted by atomic mass is 79.9. The van der Waals surface area contributed by atoms with Crippen LogP contribution >= 0.6 is 15.9 Å². The third-order valence-electron chi connectivity index (χ3n) is 3.27. The standard InChI is InChI=1S/C11H13BrFNO4S2/c1-14(9-4-5-19(15,16)7-9)20(17,18)11-3-2-8(12)6-10(11)13/h2-3,6,9H,4-5,7H2,1H3. The Morgan fingerprint density at radius 2 is 2.05 bits per heavy atom. The average Bonchev–Trinajstić information content (AvgIpc) is 2.68. The molecule has 5 nitrogen and oxygen atoms in total. The van der Waals surface area contributed by atoms with Gasteiger partial charge in [-0.05, 0) is 24.6 Å². The fraction of sp³-hybridized carbons (Fsp3) is 0.455. The first-order valence-electron chi connectivity index (χ1n) is 5.77. The molecule has 1 aliphatic heterocycles. The summed E-state index contributed by atoms with van der Waals surface area (Å²) in [5.41, 5.74) is 0. The molecule has 1 fully saturated rings. The molecule has 1 aromatic carbocycles. The predicted octanol–water partition coefficient (Wildman–Crippen LogP) is 1.40. The van der Waals surface area contributed by atoms with Gasteiger partial charge in [0.25, 0.3) is 0 Å². The number of hydrogen-bond acceptors (Lipinski definition) is 4. The van der Waals surface area contributed by atoms with Crippen LogP contribution in [0.5, 0.6) is 0 Å². The van der Waals surface area contributed by atoms with Crippen molar-refractivity contribution in [2.75, 3.05) is 18.6 Å². The van der Waals surface area contributed by atoms with Gasteiger partial charge in [-0.3, -0.25) is 0 Å². The molecule has 1 heterocycles. The maximum Gasteiger partial charge on any atom is 0.246 e. The summed E-state index contributed by atoms with van der Waals surface area (Å²) < 4.78 is 62.7. The van der Waals surface area contributed by atoms with Crippen molar-refractivity contribution in [2.45, 2.75) is 17.4 Å². The van der Waals surface area contributed by atoms with E-state index < -0.39 is 36.6 Å². The fourth-order valence-corrected chi connectivity index (χ4v) is 5.73. The lowest BCUT2D eigenvalue weighted by Crippen LogP contribution is -2.38. The minimum atomic E-state index is -4.05. The largest absolute Gasteiger partial charge is 0.246 e. The molecule has 0 spiro atoms. The predicted molar refractivity (Wildman–Crippen MR) is 76.1 cm³/mol. The van der Waals surface area contributed by atoms with Gasteiger partial charge < -0.3 is 0 Å². The molecule has 1 aromatic rings. The number of rotatable bonds is 3. The molecule has 1 atom stereocenters. The molecule has 0 radical (unpaired) electrons. The summed E-state index contributed by atoms with van der Waals surface area (Å²) in [5.74, 6) is -1.13. The third kappa shape index (κ3) is 3.05. The highest BCUT2D eigenvalue weighted by Gasteiger charge is 2.37. The van der Waals surface area contributed by atoms with Gasteiger partial charge in [0.1, 0.15) is 10.7 Å². The van der Waals surface area contributed by atoms with Gasteiger partial charge in [0.2, 0.25) is 10.0 Å². The van der Waals surface area contributed by atoms with E-state index in [1.54, 1.807) is 0 Å². The average molecular weight is 386 g/mol. The highest BCUT2D eigenvalue weighted by Crippen LogP contribution is 2.26. The Balaban J connectivity index is 2.35. The van der Waals surface area contributed by atoms with E-state index >= 15 is 0 Å². The van der Waals surface area contributed by atoms with Crippen LogP contribution in [0.15, 0.2) is 27.6 Å². The van der Waals surface area contributed by atoms with Gasteiger partial charge >= 0.3 is 0 Å². The normalized spacial score (nSPS) is 22.3. The lowest BCUT2D eigenvalue weighted by atomic mass is 10.3. The molecule has 20 heavy (non-hydrogen) atoms. The van der Waals surface area contributed by atoms with Crippen molar-refractivity contribution in [1.29, 1.82) is 0 Å². The maximum atomic E-state index is 13.8. The van der Waals surface area contributed by atoms with Crippen molar-refractivity contribution < 1.29 is 21.2 Å². The summed E-state index contributed by atoms with van der Waals surface area (Å²) in [7, 11) is -5.97. The maximum absolute atomic E-state index is 13.8. The summed E-state index contributed by atoms with van der Waals surface area (Å²) in [6.07, 6.45) is 0.232.